The zero-order valence-corrected chi connectivity index (χ0v) is 12.7. The van der Waals surface area contributed by atoms with Gasteiger partial charge in [0.15, 0.2) is 5.90 Å². The topological polar surface area (TPSA) is 57.4 Å². The minimum Gasteiger partial charge on any atom is -0.475 e. The third-order valence-electron chi connectivity index (χ3n) is 3.28. The van der Waals surface area contributed by atoms with Crippen molar-refractivity contribution >= 4 is 11.6 Å². The van der Waals surface area contributed by atoms with Crippen molar-refractivity contribution in [1.29, 1.82) is 0 Å². The molecule has 2 aliphatic rings. The Morgan fingerprint density at radius 3 is 2.55 bits per heavy atom. The first-order valence-corrected chi connectivity index (χ1v) is 7.29. The number of aliphatic hydroxyl groups excluding tert-OH is 1. The van der Waals surface area contributed by atoms with Gasteiger partial charge >= 0.3 is 0 Å². The summed E-state index contributed by atoms with van der Waals surface area (Å²) >= 11 is 0. The molecular weight excluding hydrogens is 254 g/mol. The Balaban J connectivity index is 1.91. The van der Waals surface area contributed by atoms with E-state index in [-0.39, 0.29) is 11.7 Å². The monoisotopic (exact) mass is 279 g/mol. The van der Waals surface area contributed by atoms with Crippen molar-refractivity contribution < 1.29 is 9.84 Å². The van der Waals surface area contributed by atoms with E-state index in [1.807, 2.05) is 20.8 Å². The normalized spacial score (nSPS) is 22.2. The highest BCUT2D eigenvalue weighted by Gasteiger charge is 2.21. The largest absolute Gasteiger partial charge is 0.475 e. The van der Waals surface area contributed by atoms with Gasteiger partial charge in [0.2, 0.25) is 0 Å². The van der Waals surface area contributed by atoms with Crippen LogP contribution in [0.15, 0.2) is 22.4 Å². The Bertz CT molecular complexity index is 413. The lowest BCUT2D eigenvalue weighted by Crippen LogP contribution is -2.39. The molecule has 112 valence electrons. The average Bonchev–Trinajstić information content (AvgIpc) is 2.55. The van der Waals surface area contributed by atoms with Gasteiger partial charge in [0.25, 0.3) is 0 Å². The van der Waals surface area contributed by atoms with Crippen LogP contribution in [0.5, 0.6) is 0 Å². The fraction of sp³-hybridized carbons (Fsp3) is 0.733. The highest BCUT2D eigenvalue weighted by molar-refractivity contribution is 6.03. The minimum absolute atomic E-state index is 0.136. The van der Waals surface area contributed by atoms with Crippen LogP contribution in [0.1, 0.15) is 40.0 Å². The predicted molar refractivity (Wildman–Crippen MR) is 81.1 cm³/mol. The molecule has 0 unspecified atom stereocenters. The maximum atomic E-state index is 9.54. The van der Waals surface area contributed by atoms with E-state index in [0.29, 0.717) is 6.42 Å². The number of likely N-dealkylation sites (tertiary alicyclic amines) is 1. The zero-order valence-electron chi connectivity index (χ0n) is 12.7. The van der Waals surface area contributed by atoms with Gasteiger partial charge in [-0.15, -0.1) is 0 Å². The number of nitrogens with zero attached hydrogens (tertiary/aromatic N) is 3. The van der Waals surface area contributed by atoms with E-state index >= 15 is 0 Å². The van der Waals surface area contributed by atoms with E-state index in [2.05, 4.69) is 14.9 Å². The molecule has 0 aromatic rings. The third kappa shape index (κ3) is 5.06. The van der Waals surface area contributed by atoms with Crippen molar-refractivity contribution in [3.05, 3.63) is 12.4 Å². The van der Waals surface area contributed by atoms with Gasteiger partial charge < -0.3 is 9.84 Å². The molecule has 2 rings (SSSR count). The number of aliphatic imine (C=N–C) groups is 2. The van der Waals surface area contributed by atoms with Crippen LogP contribution in [-0.2, 0) is 4.74 Å². The lowest BCUT2D eigenvalue weighted by Gasteiger charge is -2.30. The molecule has 0 bridgehead atoms. The number of hydrogen-bond acceptors (Lipinski definition) is 5. The summed E-state index contributed by atoms with van der Waals surface area (Å²) in [4.78, 5) is 11.1. The van der Waals surface area contributed by atoms with E-state index in [1.54, 1.807) is 12.4 Å². The Labute approximate surface area is 121 Å². The molecule has 0 amide bonds. The standard InChI is InChI=1S/C15H25N3O2/c1-15(2,3)20-14-10-12(16-6-7-17-14)11-18-8-4-13(19)5-9-18/h6-7,13,19H,4-5,8-11H2,1-3H3. The van der Waals surface area contributed by atoms with Gasteiger partial charge in [-0.1, -0.05) is 0 Å². The summed E-state index contributed by atoms with van der Waals surface area (Å²) in [6.45, 7) is 8.74. The van der Waals surface area contributed by atoms with Gasteiger partial charge in [0.1, 0.15) is 5.60 Å². The number of aliphatic hydroxyl groups is 1. The highest BCUT2D eigenvalue weighted by atomic mass is 16.5. The maximum Gasteiger partial charge on any atom is 0.194 e. The summed E-state index contributed by atoms with van der Waals surface area (Å²) in [6, 6.07) is 0. The van der Waals surface area contributed by atoms with Gasteiger partial charge in [-0.3, -0.25) is 9.89 Å². The minimum atomic E-state index is -0.239. The lowest BCUT2D eigenvalue weighted by molar-refractivity contribution is 0.0893. The molecule has 2 aliphatic heterocycles. The molecule has 0 atom stereocenters. The van der Waals surface area contributed by atoms with Crippen molar-refractivity contribution in [3.8, 4) is 0 Å². The first-order valence-electron chi connectivity index (χ1n) is 7.29. The summed E-state index contributed by atoms with van der Waals surface area (Å²) in [5.41, 5.74) is 0.829. The summed E-state index contributed by atoms with van der Waals surface area (Å²) in [6.07, 6.45) is 5.64. The Morgan fingerprint density at radius 1 is 1.25 bits per heavy atom. The number of rotatable bonds is 2. The molecule has 0 spiro atoms. The quantitative estimate of drug-likeness (QED) is 0.841. The fourth-order valence-electron chi connectivity index (χ4n) is 2.37. The molecule has 5 heteroatoms. The van der Waals surface area contributed by atoms with Gasteiger partial charge in [-0.2, -0.15) is 0 Å². The second-order valence-corrected chi connectivity index (χ2v) is 6.41. The van der Waals surface area contributed by atoms with Crippen molar-refractivity contribution in [2.24, 2.45) is 9.98 Å². The van der Waals surface area contributed by atoms with Crippen molar-refractivity contribution in [3.63, 3.8) is 0 Å². The van der Waals surface area contributed by atoms with Crippen LogP contribution >= 0.6 is 0 Å². The molecule has 5 nitrogen and oxygen atoms in total. The number of piperidine rings is 1. The molecule has 1 saturated heterocycles. The van der Waals surface area contributed by atoms with Crippen molar-refractivity contribution in [2.45, 2.75) is 51.7 Å². The van der Waals surface area contributed by atoms with E-state index in [0.717, 1.165) is 44.1 Å². The third-order valence-corrected chi connectivity index (χ3v) is 3.28. The summed E-state index contributed by atoms with van der Waals surface area (Å²) in [5, 5.41) is 9.54. The van der Waals surface area contributed by atoms with Crippen molar-refractivity contribution in [2.75, 3.05) is 19.6 Å². The van der Waals surface area contributed by atoms with Gasteiger partial charge in [-0.05, 0) is 33.6 Å². The van der Waals surface area contributed by atoms with Crippen LogP contribution in [0.4, 0.5) is 0 Å². The van der Waals surface area contributed by atoms with Crippen molar-refractivity contribution in [1.82, 2.24) is 4.90 Å². The van der Waals surface area contributed by atoms with Crippen LogP contribution in [0, 0.1) is 0 Å². The zero-order chi connectivity index (χ0) is 14.6. The molecule has 2 heterocycles. The SMILES string of the molecule is CC(C)(C)OC1=NC=CN=C(CN2CCC(O)CC2)C1. The molecule has 1 N–H and O–H groups in total. The molecule has 0 saturated carbocycles. The Hall–Kier alpha value is -1.20. The fourth-order valence-corrected chi connectivity index (χ4v) is 2.37. The van der Waals surface area contributed by atoms with E-state index in [9.17, 15) is 5.11 Å². The Kier molecular flexibility index (Phi) is 4.94. The molecule has 0 aromatic carbocycles. The summed E-state index contributed by atoms with van der Waals surface area (Å²) < 4.78 is 5.85. The molecular formula is C15H25N3O2. The molecule has 0 radical (unpaired) electrons. The van der Waals surface area contributed by atoms with Crippen LogP contribution < -0.4 is 0 Å². The number of hydrogen-bond donors (Lipinski definition) is 1. The van der Waals surface area contributed by atoms with Crippen LogP contribution in [0.3, 0.4) is 0 Å². The van der Waals surface area contributed by atoms with Crippen LogP contribution in [-0.4, -0.2) is 53.0 Å². The first kappa shape index (κ1) is 15.2. The van der Waals surface area contributed by atoms with Gasteiger partial charge in [0, 0.05) is 37.7 Å². The van der Waals surface area contributed by atoms with E-state index in [1.165, 1.54) is 0 Å². The molecule has 0 aliphatic carbocycles. The molecule has 20 heavy (non-hydrogen) atoms. The second-order valence-electron chi connectivity index (χ2n) is 6.41. The molecule has 1 fully saturated rings. The summed E-state index contributed by atoms with van der Waals surface area (Å²) in [5.74, 6) is 0.724. The van der Waals surface area contributed by atoms with Gasteiger partial charge in [0.05, 0.1) is 12.5 Å². The highest BCUT2D eigenvalue weighted by Crippen LogP contribution is 2.14. The van der Waals surface area contributed by atoms with E-state index < -0.39 is 0 Å². The maximum absolute atomic E-state index is 9.54. The summed E-state index contributed by atoms with van der Waals surface area (Å²) in [7, 11) is 0. The lowest BCUT2D eigenvalue weighted by atomic mass is 10.1. The second kappa shape index (κ2) is 6.50. The first-order chi connectivity index (χ1) is 9.42. The molecule has 0 aromatic heterocycles. The van der Waals surface area contributed by atoms with Crippen LogP contribution in [0.25, 0.3) is 0 Å². The Morgan fingerprint density at radius 2 is 1.90 bits per heavy atom. The smallest absolute Gasteiger partial charge is 0.194 e. The van der Waals surface area contributed by atoms with Gasteiger partial charge in [-0.25, -0.2) is 4.99 Å². The van der Waals surface area contributed by atoms with Crippen LogP contribution in [0.2, 0.25) is 0 Å². The average molecular weight is 279 g/mol. The number of ether oxygens (including phenoxy) is 1. The predicted octanol–water partition coefficient (Wildman–Crippen LogP) is 1.97. The van der Waals surface area contributed by atoms with E-state index in [4.69, 9.17) is 4.74 Å².